The first-order chi connectivity index (χ1) is 18.7. The molecule has 1 saturated carbocycles. The summed E-state index contributed by atoms with van der Waals surface area (Å²) in [7, 11) is 0. The van der Waals surface area contributed by atoms with Crippen LogP contribution in [0.4, 0.5) is 9.59 Å². The third kappa shape index (κ3) is 6.77. The number of carbonyl (C=O) groups excluding carboxylic acids is 3. The SMILES string of the molecule is CC(C)(O)c1cnnn1[C@H]1C[C@@H](C(=O)NC2(C(O)C(N)=O)CCCCC2)N(C(=O)C(CNC(=O)O)NC(=O)O)C1. The molecule has 1 aromatic rings. The molecule has 0 aromatic carbocycles. The molecule has 1 aliphatic carbocycles. The summed E-state index contributed by atoms with van der Waals surface area (Å²) in [4.78, 5) is 62.8. The lowest BCUT2D eigenvalue weighted by molar-refractivity contribution is -0.143. The van der Waals surface area contributed by atoms with E-state index in [0.29, 0.717) is 18.5 Å². The smallest absolute Gasteiger partial charge is 0.405 e. The van der Waals surface area contributed by atoms with Crippen LogP contribution in [0, 0.1) is 0 Å². The van der Waals surface area contributed by atoms with E-state index < -0.39 is 71.8 Å². The topological polar surface area (TPSA) is 262 Å². The number of aliphatic hydroxyl groups excluding tert-OH is 1. The van der Waals surface area contributed by atoms with E-state index in [0.717, 1.165) is 11.3 Å². The van der Waals surface area contributed by atoms with Crippen LogP contribution in [0.25, 0.3) is 0 Å². The Kier molecular flexibility index (Phi) is 9.19. The van der Waals surface area contributed by atoms with Crippen molar-refractivity contribution in [2.45, 2.75) is 87.7 Å². The molecule has 1 aromatic heterocycles. The predicted octanol–water partition coefficient (Wildman–Crippen LogP) is -1.78. The minimum absolute atomic E-state index is 0.0427. The first kappa shape index (κ1) is 30.6. The number of aromatic nitrogens is 3. The van der Waals surface area contributed by atoms with E-state index in [-0.39, 0.29) is 25.8 Å². The van der Waals surface area contributed by atoms with Crippen LogP contribution in [0.2, 0.25) is 0 Å². The minimum Gasteiger partial charge on any atom is -0.465 e. The first-order valence-corrected chi connectivity index (χ1v) is 12.9. The Morgan fingerprint density at radius 3 is 2.35 bits per heavy atom. The number of hydrogen-bond acceptors (Lipinski definition) is 9. The highest BCUT2D eigenvalue weighted by molar-refractivity contribution is 5.93. The molecule has 4 atom stereocenters. The highest BCUT2D eigenvalue weighted by atomic mass is 16.4. The number of carboxylic acid groups (broad SMARTS) is 2. The zero-order valence-corrected chi connectivity index (χ0v) is 22.2. The van der Waals surface area contributed by atoms with E-state index in [9.17, 15) is 39.3 Å². The Balaban J connectivity index is 1.97. The van der Waals surface area contributed by atoms with Gasteiger partial charge in [0.05, 0.1) is 30.0 Å². The van der Waals surface area contributed by atoms with Crippen molar-refractivity contribution in [1.29, 1.82) is 0 Å². The fourth-order valence-electron chi connectivity index (χ4n) is 5.42. The number of nitrogens with two attached hydrogens (primary N) is 1. The van der Waals surface area contributed by atoms with Gasteiger partial charge in [-0.1, -0.05) is 24.5 Å². The number of likely N-dealkylation sites (tertiary alicyclic amines) is 1. The fraction of sp³-hybridized carbons (Fsp3) is 0.696. The summed E-state index contributed by atoms with van der Waals surface area (Å²) in [6.07, 6.45) is -0.885. The van der Waals surface area contributed by atoms with Crippen molar-refractivity contribution in [1.82, 2.24) is 35.8 Å². The molecule has 0 spiro atoms. The molecule has 2 heterocycles. The maximum atomic E-state index is 13.8. The minimum atomic E-state index is -1.68. The summed E-state index contributed by atoms with van der Waals surface area (Å²) in [5.74, 6) is -2.62. The van der Waals surface area contributed by atoms with Crippen molar-refractivity contribution in [2.75, 3.05) is 13.1 Å². The molecule has 0 bridgehead atoms. The van der Waals surface area contributed by atoms with Crippen LogP contribution >= 0.6 is 0 Å². The third-order valence-electron chi connectivity index (χ3n) is 7.38. The van der Waals surface area contributed by atoms with Crippen LogP contribution in [-0.4, -0.2) is 107 Å². The Bertz CT molecular complexity index is 1130. The number of aliphatic hydroxyl groups is 2. The van der Waals surface area contributed by atoms with E-state index in [4.69, 9.17) is 10.8 Å². The van der Waals surface area contributed by atoms with Crippen molar-refractivity contribution < 1.29 is 44.4 Å². The molecular weight excluding hydrogens is 532 g/mol. The number of rotatable bonds is 10. The van der Waals surface area contributed by atoms with Crippen molar-refractivity contribution in [3.63, 3.8) is 0 Å². The zero-order valence-electron chi connectivity index (χ0n) is 22.2. The molecule has 40 heavy (non-hydrogen) atoms. The van der Waals surface area contributed by atoms with Gasteiger partial charge in [-0.05, 0) is 26.7 Å². The fourth-order valence-corrected chi connectivity index (χ4v) is 5.42. The Morgan fingerprint density at radius 2 is 1.80 bits per heavy atom. The second kappa shape index (κ2) is 12.0. The maximum Gasteiger partial charge on any atom is 0.405 e. The van der Waals surface area contributed by atoms with Crippen LogP contribution < -0.4 is 21.7 Å². The lowest BCUT2D eigenvalue weighted by Crippen LogP contribution is -2.64. The van der Waals surface area contributed by atoms with Gasteiger partial charge in [0.15, 0.2) is 6.10 Å². The predicted molar refractivity (Wildman–Crippen MR) is 135 cm³/mol. The molecule has 5 amide bonds. The second-order valence-corrected chi connectivity index (χ2v) is 10.7. The highest BCUT2D eigenvalue weighted by Crippen LogP contribution is 2.35. The third-order valence-corrected chi connectivity index (χ3v) is 7.38. The van der Waals surface area contributed by atoms with Crippen molar-refractivity contribution >= 4 is 29.9 Å². The van der Waals surface area contributed by atoms with Gasteiger partial charge in [0.25, 0.3) is 0 Å². The number of nitrogens with zero attached hydrogens (tertiary/aromatic N) is 4. The van der Waals surface area contributed by atoms with Crippen LogP contribution in [0.1, 0.15) is 64.1 Å². The average Bonchev–Trinajstić information content (AvgIpc) is 3.53. The summed E-state index contributed by atoms with van der Waals surface area (Å²) in [5, 5.41) is 54.0. The molecule has 17 nitrogen and oxygen atoms in total. The molecule has 2 unspecified atom stereocenters. The van der Waals surface area contributed by atoms with Crippen molar-refractivity contribution in [3.8, 4) is 0 Å². The van der Waals surface area contributed by atoms with E-state index in [1.54, 1.807) is 0 Å². The molecule has 2 aliphatic rings. The largest absolute Gasteiger partial charge is 0.465 e. The average molecular weight is 569 g/mol. The number of hydrogen-bond donors (Lipinski definition) is 8. The van der Waals surface area contributed by atoms with E-state index in [1.807, 2.05) is 10.6 Å². The maximum absolute atomic E-state index is 13.8. The van der Waals surface area contributed by atoms with Gasteiger partial charge in [-0.25, -0.2) is 14.3 Å². The van der Waals surface area contributed by atoms with Gasteiger partial charge in [-0.2, -0.15) is 0 Å². The molecule has 222 valence electrons. The normalized spacial score (nSPS) is 22.1. The standard InChI is InChI=1S/C23H36N8O9/c1-22(2,40)15-10-26-29-31(15)12-8-14(18(34)28-23(16(32)17(24)33)6-4-3-5-7-23)30(11-12)19(35)13(27-21(38)39)9-25-20(36)37/h10,12-14,16,25,27,32,40H,3-9,11H2,1-2H3,(H2,24,33)(H,28,34)(H,36,37)(H,38,39)/t12-,13?,14-,16?/m0/s1. The van der Waals surface area contributed by atoms with Gasteiger partial charge >= 0.3 is 12.2 Å². The van der Waals surface area contributed by atoms with E-state index in [1.165, 1.54) is 24.7 Å². The molecule has 1 aliphatic heterocycles. The highest BCUT2D eigenvalue weighted by Gasteiger charge is 2.49. The summed E-state index contributed by atoms with van der Waals surface area (Å²) in [5.41, 5.74) is 2.94. The summed E-state index contributed by atoms with van der Waals surface area (Å²) < 4.78 is 1.37. The molecule has 0 radical (unpaired) electrons. The quantitative estimate of drug-likeness (QED) is 0.156. The number of primary amides is 1. The second-order valence-electron chi connectivity index (χ2n) is 10.7. The zero-order chi connectivity index (χ0) is 29.8. The van der Waals surface area contributed by atoms with Gasteiger partial charge in [-0.3, -0.25) is 14.4 Å². The number of nitrogens with one attached hydrogen (secondary N) is 3. The Morgan fingerprint density at radius 1 is 1.15 bits per heavy atom. The van der Waals surface area contributed by atoms with Crippen LogP contribution in [0.15, 0.2) is 6.20 Å². The van der Waals surface area contributed by atoms with Gasteiger partial charge in [0.2, 0.25) is 17.7 Å². The molecular formula is C23H36N8O9. The van der Waals surface area contributed by atoms with Gasteiger partial charge in [0.1, 0.15) is 17.7 Å². The van der Waals surface area contributed by atoms with E-state index >= 15 is 0 Å². The van der Waals surface area contributed by atoms with Crippen LogP contribution in [0.5, 0.6) is 0 Å². The lowest BCUT2D eigenvalue weighted by Gasteiger charge is -2.41. The van der Waals surface area contributed by atoms with Crippen molar-refractivity contribution in [3.05, 3.63) is 11.9 Å². The molecule has 1 saturated heterocycles. The Labute approximate surface area is 229 Å². The molecule has 17 heteroatoms. The summed E-state index contributed by atoms with van der Waals surface area (Å²) in [6, 6.07) is -3.50. The Hall–Kier alpha value is -3.99. The summed E-state index contributed by atoms with van der Waals surface area (Å²) >= 11 is 0. The monoisotopic (exact) mass is 568 g/mol. The van der Waals surface area contributed by atoms with Crippen LogP contribution in [-0.2, 0) is 20.0 Å². The van der Waals surface area contributed by atoms with E-state index in [2.05, 4.69) is 15.6 Å². The first-order valence-electron chi connectivity index (χ1n) is 12.9. The number of amides is 5. The molecule has 2 fully saturated rings. The lowest BCUT2D eigenvalue weighted by atomic mass is 9.77. The van der Waals surface area contributed by atoms with Gasteiger partial charge in [0, 0.05) is 13.0 Å². The van der Waals surface area contributed by atoms with Gasteiger partial charge in [-0.15, -0.1) is 5.10 Å². The molecule has 3 rings (SSSR count). The number of carbonyl (C=O) groups is 5. The van der Waals surface area contributed by atoms with Crippen molar-refractivity contribution in [2.24, 2.45) is 5.73 Å². The summed E-state index contributed by atoms with van der Waals surface area (Å²) in [6.45, 7) is 2.23. The van der Waals surface area contributed by atoms with Gasteiger partial charge < -0.3 is 47.0 Å². The van der Waals surface area contributed by atoms with Crippen LogP contribution in [0.3, 0.4) is 0 Å². The molecule has 9 N–H and O–H groups in total.